The second kappa shape index (κ2) is 8.89. The molecule has 0 saturated carbocycles. The molecule has 4 N–H and O–H groups in total. The van der Waals surface area contributed by atoms with Crippen LogP contribution < -0.4 is 11.6 Å². The van der Waals surface area contributed by atoms with Crippen LogP contribution in [0.4, 0.5) is 18.0 Å². The Morgan fingerprint density at radius 1 is 1.18 bits per heavy atom. The third-order valence-electron chi connectivity index (χ3n) is 4.80. The first-order valence-corrected chi connectivity index (χ1v) is 10.2. The van der Waals surface area contributed by atoms with Gasteiger partial charge < -0.3 is 20.4 Å². The Bertz CT molecular complexity index is 1060. The smallest absolute Gasteiger partial charge is 0.416 e. The maximum Gasteiger partial charge on any atom is 0.416 e. The molecule has 0 bridgehead atoms. The van der Waals surface area contributed by atoms with Crippen molar-refractivity contribution < 1.29 is 22.7 Å². The van der Waals surface area contributed by atoms with E-state index >= 15 is 0 Å². The summed E-state index contributed by atoms with van der Waals surface area (Å²) >= 11 is 0. The molecule has 33 heavy (non-hydrogen) atoms. The molecule has 1 aromatic heterocycles. The Kier molecular flexibility index (Phi) is 6.55. The van der Waals surface area contributed by atoms with Crippen LogP contribution in [0.3, 0.4) is 0 Å². The number of nitrogens with two attached hydrogens (primary N) is 2. The van der Waals surface area contributed by atoms with E-state index in [0.717, 1.165) is 17.7 Å². The lowest BCUT2D eigenvalue weighted by molar-refractivity contribution is -0.137. The number of carbonyl (C=O) groups is 1. The molecule has 11 heteroatoms. The van der Waals surface area contributed by atoms with E-state index in [1.54, 1.807) is 27.8 Å². The van der Waals surface area contributed by atoms with Crippen molar-refractivity contribution in [3.8, 4) is 11.4 Å². The highest BCUT2D eigenvalue weighted by molar-refractivity contribution is 5.70. The molecule has 2 heterocycles. The molecule has 1 aliphatic heterocycles. The molecular formula is C22H27F3N6O2. The molecule has 1 aliphatic rings. The fourth-order valence-corrected chi connectivity index (χ4v) is 3.37. The lowest BCUT2D eigenvalue weighted by Crippen LogP contribution is -2.40. The van der Waals surface area contributed by atoms with E-state index < -0.39 is 23.4 Å². The molecule has 178 valence electrons. The highest BCUT2D eigenvalue weighted by Crippen LogP contribution is 2.32. The molecule has 8 nitrogen and oxygen atoms in total. The molecule has 3 rings (SSSR count). The fourth-order valence-electron chi connectivity index (χ4n) is 3.37. The molecule has 0 unspecified atom stereocenters. The van der Waals surface area contributed by atoms with Crippen molar-refractivity contribution >= 4 is 11.8 Å². The number of hydrogen-bond acceptors (Lipinski definition) is 7. The van der Waals surface area contributed by atoms with Crippen LogP contribution in [0.25, 0.3) is 17.1 Å². The largest absolute Gasteiger partial charge is 0.444 e. The van der Waals surface area contributed by atoms with Crippen molar-refractivity contribution in [2.45, 2.75) is 45.5 Å². The van der Waals surface area contributed by atoms with E-state index in [2.05, 4.69) is 9.97 Å². The summed E-state index contributed by atoms with van der Waals surface area (Å²) in [6.45, 7) is 5.87. The summed E-state index contributed by atoms with van der Waals surface area (Å²) in [5.41, 5.74) is 7.18. The summed E-state index contributed by atoms with van der Waals surface area (Å²) in [7, 11) is 1.60. The standard InChI is InChI=1S/C22H27F3N6O2/c1-21(2,3)33-20(32)31-10-9-15-17(12-31)28-19(29-18(15)16(26)11-30(4)27)13-5-7-14(8-6-13)22(23,24)25/h5-8,11H,9-10,12,26-27H2,1-4H3/b16-11-. The van der Waals surface area contributed by atoms with E-state index in [0.29, 0.717) is 29.9 Å². The number of hydrogen-bond donors (Lipinski definition) is 2. The first kappa shape index (κ1) is 24.3. The molecule has 0 fully saturated rings. The topological polar surface area (TPSA) is 111 Å². The monoisotopic (exact) mass is 464 g/mol. The zero-order chi connectivity index (χ0) is 24.6. The number of benzene rings is 1. The molecule has 0 aliphatic carbocycles. The van der Waals surface area contributed by atoms with Crippen molar-refractivity contribution in [2.75, 3.05) is 13.6 Å². The fraction of sp³-hybridized carbons (Fsp3) is 0.409. The summed E-state index contributed by atoms with van der Waals surface area (Å²) in [5, 5.41) is 1.28. The van der Waals surface area contributed by atoms with Gasteiger partial charge in [-0.15, -0.1) is 0 Å². The minimum atomic E-state index is -4.45. The molecule has 0 radical (unpaired) electrons. The first-order valence-electron chi connectivity index (χ1n) is 10.2. The predicted molar refractivity (Wildman–Crippen MR) is 117 cm³/mol. The van der Waals surface area contributed by atoms with Crippen molar-refractivity contribution in [1.82, 2.24) is 19.9 Å². The molecule has 1 amide bonds. The van der Waals surface area contributed by atoms with Crippen molar-refractivity contribution in [3.05, 3.63) is 53.0 Å². The van der Waals surface area contributed by atoms with Gasteiger partial charge in [0.05, 0.1) is 29.2 Å². The third-order valence-corrected chi connectivity index (χ3v) is 4.80. The number of halogens is 3. The minimum Gasteiger partial charge on any atom is -0.444 e. The number of rotatable bonds is 3. The van der Waals surface area contributed by atoms with Crippen LogP contribution in [0.1, 0.15) is 43.3 Å². The zero-order valence-electron chi connectivity index (χ0n) is 18.9. The quantitative estimate of drug-likeness (QED) is 0.528. The van der Waals surface area contributed by atoms with Gasteiger partial charge >= 0.3 is 12.3 Å². The second-order valence-corrected chi connectivity index (χ2v) is 8.80. The van der Waals surface area contributed by atoms with Crippen LogP contribution >= 0.6 is 0 Å². The molecule has 0 atom stereocenters. The maximum atomic E-state index is 13.0. The number of amides is 1. The third kappa shape index (κ3) is 5.92. The van der Waals surface area contributed by atoms with Crippen LogP contribution in [0.2, 0.25) is 0 Å². The summed E-state index contributed by atoms with van der Waals surface area (Å²) in [6.07, 6.45) is -3.01. The van der Waals surface area contributed by atoms with Crippen molar-refractivity contribution in [1.29, 1.82) is 0 Å². The molecule has 0 spiro atoms. The normalized spacial score (nSPS) is 14.7. The molecule has 1 aromatic carbocycles. The summed E-state index contributed by atoms with van der Waals surface area (Å²) in [5.74, 6) is 5.89. The highest BCUT2D eigenvalue weighted by atomic mass is 19.4. The average molecular weight is 464 g/mol. The van der Waals surface area contributed by atoms with Gasteiger partial charge in [0.25, 0.3) is 0 Å². The SMILES string of the molecule is CN(N)/C=C(\N)c1nc(-c2ccc(C(F)(F)F)cc2)nc2c1CCN(C(=O)OC(C)(C)C)C2. The predicted octanol–water partition coefficient (Wildman–Crippen LogP) is 3.52. The van der Waals surface area contributed by atoms with Crippen LogP contribution in [-0.2, 0) is 23.9 Å². The Morgan fingerprint density at radius 3 is 2.36 bits per heavy atom. The van der Waals surface area contributed by atoms with E-state index in [1.807, 2.05) is 0 Å². The lowest BCUT2D eigenvalue weighted by atomic mass is 10.0. The first-order chi connectivity index (χ1) is 15.2. The Labute approximate surface area is 190 Å². The molecular weight excluding hydrogens is 437 g/mol. The Hall–Kier alpha value is -3.34. The maximum absolute atomic E-state index is 13.0. The number of alkyl halides is 3. The summed E-state index contributed by atoms with van der Waals surface area (Å²) in [6, 6.07) is 4.55. The van der Waals surface area contributed by atoms with E-state index in [9.17, 15) is 18.0 Å². The van der Waals surface area contributed by atoms with Crippen LogP contribution in [-0.4, -0.2) is 45.2 Å². The lowest BCUT2D eigenvalue weighted by Gasteiger charge is -2.31. The van der Waals surface area contributed by atoms with Gasteiger partial charge in [-0.2, -0.15) is 13.2 Å². The number of fused-ring (bicyclic) bond motifs is 1. The van der Waals surface area contributed by atoms with Crippen molar-refractivity contribution in [3.63, 3.8) is 0 Å². The van der Waals surface area contributed by atoms with Gasteiger partial charge in [-0.3, -0.25) is 0 Å². The number of aromatic nitrogens is 2. The number of ether oxygens (including phenoxy) is 1. The second-order valence-electron chi connectivity index (χ2n) is 8.80. The Balaban J connectivity index is 2.04. The zero-order valence-corrected chi connectivity index (χ0v) is 18.9. The minimum absolute atomic E-state index is 0.152. The average Bonchev–Trinajstić information content (AvgIpc) is 2.70. The van der Waals surface area contributed by atoms with Gasteiger partial charge in [0.1, 0.15) is 5.60 Å². The van der Waals surface area contributed by atoms with Crippen molar-refractivity contribution in [2.24, 2.45) is 11.6 Å². The van der Waals surface area contributed by atoms with Gasteiger partial charge in [-0.25, -0.2) is 20.6 Å². The summed E-state index contributed by atoms with van der Waals surface area (Å²) < 4.78 is 44.3. The number of hydrazine groups is 1. The highest BCUT2D eigenvalue weighted by Gasteiger charge is 2.31. The van der Waals surface area contributed by atoms with Gasteiger partial charge in [0, 0.05) is 30.9 Å². The van der Waals surface area contributed by atoms with Crippen LogP contribution in [0.5, 0.6) is 0 Å². The van der Waals surface area contributed by atoms with Gasteiger partial charge in [-0.1, -0.05) is 12.1 Å². The number of carbonyl (C=O) groups excluding carboxylic acids is 1. The van der Waals surface area contributed by atoms with E-state index in [-0.39, 0.29) is 18.1 Å². The molecule has 0 saturated heterocycles. The van der Waals surface area contributed by atoms with E-state index in [1.165, 1.54) is 28.2 Å². The van der Waals surface area contributed by atoms with Crippen LogP contribution in [0, 0.1) is 0 Å². The molecule has 2 aromatic rings. The van der Waals surface area contributed by atoms with E-state index in [4.69, 9.17) is 16.3 Å². The van der Waals surface area contributed by atoms with Gasteiger partial charge in [0.2, 0.25) is 0 Å². The Morgan fingerprint density at radius 2 is 1.82 bits per heavy atom. The van der Waals surface area contributed by atoms with Gasteiger partial charge in [-0.05, 0) is 39.3 Å². The summed E-state index contributed by atoms with van der Waals surface area (Å²) in [4.78, 5) is 23.2. The van der Waals surface area contributed by atoms with Gasteiger partial charge in [0.15, 0.2) is 5.82 Å². The van der Waals surface area contributed by atoms with Crippen LogP contribution in [0.15, 0.2) is 30.5 Å². The number of nitrogens with zero attached hydrogens (tertiary/aromatic N) is 4.